The zero-order chi connectivity index (χ0) is 18.7. The van der Waals surface area contributed by atoms with Crippen molar-refractivity contribution in [3.63, 3.8) is 0 Å². The van der Waals surface area contributed by atoms with Gasteiger partial charge in [-0.05, 0) is 45.0 Å². The highest BCUT2D eigenvalue weighted by Crippen LogP contribution is 2.29. The Morgan fingerprint density at radius 1 is 1.04 bits per heavy atom. The summed E-state index contributed by atoms with van der Waals surface area (Å²) < 4.78 is 38.0. The third-order valence-electron chi connectivity index (χ3n) is 3.18. The fraction of sp³-hybridized carbons (Fsp3) is 0.353. The molecule has 0 aliphatic heterocycles. The van der Waals surface area contributed by atoms with E-state index in [9.17, 15) is 8.42 Å². The SMILES string of the molecule is COc1ccc(S(=O)(=O)Nc2ccc(NC(C)(C)C)nc2)c(OC)c1. The van der Waals surface area contributed by atoms with Gasteiger partial charge in [-0.2, -0.15) is 0 Å². The number of nitrogens with one attached hydrogen (secondary N) is 2. The van der Waals surface area contributed by atoms with Crippen molar-refractivity contribution in [2.45, 2.75) is 31.2 Å². The molecule has 2 aromatic rings. The maximum atomic E-state index is 12.6. The van der Waals surface area contributed by atoms with Crippen LogP contribution in [-0.2, 0) is 10.0 Å². The molecule has 25 heavy (non-hydrogen) atoms. The number of pyridine rings is 1. The molecule has 1 aromatic heterocycles. The Hall–Kier alpha value is -2.48. The lowest BCUT2D eigenvalue weighted by Gasteiger charge is -2.21. The van der Waals surface area contributed by atoms with Gasteiger partial charge >= 0.3 is 0 Å². The van der Waals surface area contributed by atoms with Crippen molar-refractivity contribution in [3.8, 4) is 11.5 Å². The lowest BCUT2D eigenvalue weighted by molar-refractivity contribution is 0.386. The molecule has 2 rings (SSSR count). The lowest BCUT2D eigenvalue weighted by atomic mass is 10.1. The smallest absolute Gasteiger partial charge is 0.265 e. The Morgan fingerprint density at radius 2 is 1.76 bits per heavy atom. The summed E-state index contributed by atoms with van der Waals surface area (Å²) in [6.45, 7) is 6.05. The molecule has 0 aliphatic carbocycles. The van der Waals surface area contributed by atoms with Gasteiger partial charge in [0, 0.05) is 11.6 Å². The Labute approximate surface area is 148 Å². The van der Waals surface area contributed by atoms with Crippen molar-refractivity contribution in [2.75, 3.05) is 24.3 Å². The van der Waals surface area contributed by atoms with Crippen LogP contribution in [0.15, 0.2) is 41.4 Å². The second kappa shape index (κ2) is 7.18. The largest absolute Gasteiger partial charge is 0.497 e. The Balaban J connectivity index is 2.24. The van der Waals surface area contributed by atoms with Crippen molar-refractivity contribution in [3.05, 3.63) is 36.5 Å². The van der Waals surface area contributed by atoms with Crippen molar-refractivity contribution in [2.24, 2.45) is 0 Å². The fourth-order valence-electron chi connectivity index (χ4n) is 2.12. The summed E-state index contributed by atoms with van der Waals surface area (Å²) in [7, 11) is -0.915. The first-order valence-corrected chi connectivity index (χ1v) is 9.12. The van der Waals surface area contributed by atoms with Crippen LogP contribution in [0.4, 0.5) is 11.5 Å². The van der Waals surface area contributed by atoms with Gasteiger partial charge in [0.25, 0.3) is 10.0 Å². The van der Waals surface area contributed by atoms with Crippen LogP contribution in [0.3, 0.4) is 0 Å². The van der Waals surface area contributed by atoms with Gasteiger partial charge in [-0.25, -0.2) is 13.4 Å². The Kier molecular flexibility index (Phi) is 5.42. The second-order valence-corrected chi connectivity index (χ2v) is 8.08. The van der Waals surface area contributed by atoms with Crippen LogP contribution in [0.25, 0.3) is 0 Å². The minimum atomic E-state index is -3.82. The standard InChI is InChI=1S/C17H23N3O4S/c1-17(2,3)19-16-9-6-12(11-18-16)20-25(21,22)15-8-7-13(23-4)10-14(15)24-5/h6-11,20H,1-5H3,(H,18,19). The summed E-state index contributed by atoms with van der Waals surface area (Å²) in [4.78, 5) is 4.24. The Bertz CT molecular complexity index is 828. The van der Waals surface area contributed by atoms with Crippen LogP contribution in [0.1, 0.15) is 20.8 Å². The zero-order valence-corrected chi connectivity index (χ0v) is 15.8. The van der Waals surface area contributed by atoms with Crippen molar-refractivity contribution < 1.29 is 17.9 Å². The van der Waals surface area contributed by atoms with E-state index in [0.717, 1.165) is 0 Å². The number of ether oxygens (including phenoxy) is 2. The number of sulfonamides is 1. The second-order valence-electron chi connectivity index (χ2n) is 6.43. The molecular weight excluding hydrogens is 342 g/mol. The molecule has 0 saturated heterocycles. The highest BCUT2D eigenvalue weighted by molar-refractivity contribution is 7.92. The van der Waals surface area contributed by atoms with E-state index in [0.29, 0.717) is 17.3 Å². The first-order valence-electron chi connectivity index (χ1n) is 7.64. The third kappa shape index (κ3) is 4.99. The fourth-order valence-corrected chi connectivity index (χ4v) is 3.31. The normalized spacial score (nSPS) is 11.7. The van der Waals surface area contributed by atoms with Gasteiger partial charge in [0.2, 0.25) is 0 Å². The van der Waals surface area contributed by atoms with Crippen molar-refractivity contribution >= 4 is 21.5 Å². The molecule has 0 fully saturated rings. The molecule has 0 saturated carbocycles. The van der Waals surface area contributed by atoms with E-state index in [1.807, 2.05) is 20.8 Å². The number of rotatable bonds is 6. The number of anilines is 2. The van der Waals surface area contributed by atoms with Crippen LogP contribution in [0, 0.1) is 0 Å². The molecule has 1 aromatic carbocycles. The van der Waals surface area contributed by atoms with Gasteiger partial charge in [-0.1, -0.05) is 0 Å². The quantitative estimate of drug-likeness (QED) is 0.817. The van der Waals surface area contributed by atoms with Crippen LogP contribution in [-0.4, -0.2) is 33.2 Å². The number of hydrogen-bond acceptors (Lipinski definition) is 6. The van der Waals surface area contributed by atoms with E-state index in [1.165, 1.54) is 32.5 Å². The van der Waals surface area contributed by atoms with E-state index in [-0.39, 0.29) is 16.2 Å². The van der Waals surface area contributed by atoms with Crippen molar-refractivity contribution in [1.29, 1.82) is 0 Å². The summed E-state index contributed by atoms with van der Waals surface area (Å²) in [6.07, 6.45) is 1.46. The number of benzene rings is 1. The van der Waals surface area contributed by atoms with Gasteiger partial charge in [0.05, 0.1) is 26.1 Å². The van der Waals surface area contributed by atoms with Gasteiger partial charge in [0.1, 0.15) is 22.2 Å². The molecule has 0 atom stereocenters. The maximum Gasteiger partial charge on any atom is 0.265 e. The van der Waals surface area contributed by atoms with Crippen LogP contribution in [0.5, 0.6) is 11.5 Å². The summed E-state index contributed by atoms with van der Waals surface area (Å²) in [5.74, 6) is 1.37. The maximum absolute atomic E-state index is 12.6. The molecule has 0 spiro atoms. The average Bonchev–Trinajstić information content (AvgIpc) is 2.54. The monoisotopic (exact) mass is 365 g/mol. The van der Waals surface area contributed by atoms with Gasteiger partial charge in [-0.15, -0.1) is 0 Å². The number of aromatic nitrogens is 1. The molecule has 8 heteroatoms. The predicted molar refractivity (Wildman–Crippen MR) is 98.0 cm³/mol. The minimum Gasteiger partial charge on any atom is -0.497 e. The van der Waals surface area contributed by atoms with Gasteiger partial charge in [0.15, 0.2) is 0 Å². The summed E-state index contributed by atoms with van der Waals surface area (Å²) in [5, 5.41) is 3.21. The van der Waals surface area contributed by atoms with Gasteiger partial charge in [-0.3, -0.25) is 4.72 Å². The zero-order valence-electron chi connectivity index (χ0n) is 15.0. The van der Waals surface area contributed by atoms with E-state index in [4.69, 9.17) is 9.47 Å². The molecule has 2 N–H and O–H groups in total. The molecule has 1 heterocycles. The molecule has 0 radical (unpaired) electrons. The number of methoxy groups -OCH3 is 2. The summed E-state index contributed by atoms with van der Waals surface area (Å²) in [5.41, 5.74) is 0.224. The van der Waals surface area contributed by atoms with E-state index < -0.39 is 10.0 Å². The molecule has 7 nitrogen and oxygen atoms in total. The molecule has 0 bridgehead atoms. The predicted octanol–water partition coefficient (Wildman–Crippen LogP) is 3.11. The first-order chi connectivity index (χ1) is 11.6. The summed E-state index contributed by atoms with van der Waals surface area (Å²) >= 11 is 0. The number of nitrogens with zero attached hydrogens (tertiary/aromatic N) is 1. The van der Waals surface area contributed by atoms with Crippen LogP contribution >= 0.6 is 0 Å². The molecule has 0 unspecified atom stereocenters. The molecule has 0 amide bonds. The molecule has 136 valence electrons. The number of hydrogen-bond donors (Lipinski definition) is 2. The summed E-state index contributed by atoms with van der Waals surface area (Å²) in [6, 6.07) is 7.88. The highest BCUT2D eigenvalue weighted by Gasteiger charge is 2.20. The first kappa shape index (κ1) is 18.9. The third-order valence-corrected chi connectivity index (χ3v) is 4.60. The van der Waals surface area contributed by atoms with Gasteiger partial charge < -0.3 is 14.8 Å². The average molecular weight is 365 g/mol. The lowest BCUT2D eigenvalue weighted by Crippen LogP contribution is -2.26. The topological polar surface area (TPSA) is 89.6 Å². The Morgan fingerprint density at radius 3 is 2.28 bits per heavy atom. The highest BCUT2D eigenvalue weighted by atomic mass is 32.2. The molecular formula is C17H23N3O4S. The minimum absolute atomic E-state index is 0.0210. The molecule has 0 aliphatic rings. The van der Waals surface area contributed by atoms with E-state index >= 15 is 0 Å². The van der Waals surface area contributed by atoms with E-state index in [1.54, 1.807) is 18.2 Å². The van der Waals surface area contributed by atoms with E-state index in [2.05, 4.69) is 15.0 Å². The van der Waals surface area contributed by atoms with Crippen LogP contribution < -0.4 is 19.5 Å². The van der Waals surface area contributed by atoms with Crippen molar-refractivity contribution in [1.82, 2.24) is 4.98 Å². The van der Waals surface area contributed by atoms with Crippen LogP contribution in [0.2, 0.25) is 0 Å².